The van der Waals surface area contributed by atoms with Gasteiger partial charge in [-0.3, -0.25) is 4.90 Å². The molecule has 0 amide bonds. The van der Waals surface area contributed by atoms with E-state index in [2.05, 4.69) is 32.4 Å². The van der Waals surface area contributed by atoms with Crippen molar-refractivity contribution in [3.63, 3.8) is 0 Å². The molecule has 0 aromatic carbocycles. The molecule has 1 fully saturated rings. The molecule has 17 heavy (non-hydrogen) atoms. The van der Waals surface area contributed by atoms with Crippen molar-refractivity contribution >= 4 is 17.3 Å². The number of aromatic nitrogens is 2. The Morgan fingerprint density at radius 3 is 2.82 bits per heavy atom. The third-order valence-corrected chi connectivity index (χ3v) is 3.16. The average molecular weight is 256 g/mol. The lowest BCUT2D eigenvalue weighted by molar-refractivity contribution is 0.158. The molecular formula is C11H18ClN5. The van der Waals surface area contributed by atoms with Gasteiger partial charge in [0.2, 0.25) is 0 Å². The van der Waals surface area contributed by atoms with Crippen LogP contribution in [-0.4, -0.2) is 66.3 Å². The number of likely N-dealkylation sites (N-methyl/N-ethyl adjacent to an activating group) is 1. The van der Waals surface area contributed by atoms with Gasteiger partial charge in [-0.15, -0.1) is 5.10 Å². The smallest absolute Gasteiger partial charge is 0.153 e. The first-order valence-corrected chi connectivity index (χ1v) is 6.25. The van der Waals surface area contributed by atoms with E-state index in [9.17, 15) is 0 Å². The van der Waals surface area contributed by atoms with E-state index in [1.165, 1.54) is 0 Å². The standard InChI is InChI=1S/C11H18ClN5/c1-16-4-6-17(7-5-16)3-2-13-10-8-11(12)15-14-9-10/h8-9H,2-7H2,1H3,(H,13,15). The van der Waals surface area contributed by atoms with E-state index in [1.807, 2.05) is 0 Å². The van der Waals surface area contributed by atoms with Gasteiger partial charge in [-0.05, 0) is 7.05 Å². The summed E-state index contributed by atoms with van der Waals surface area (Å²) in [6, 6.07) is 1.79. The van der Waals surface area contributed by atoms with Crippen LogP contribution >= 0.6 is 11.6 Å². The van der Waals surface area contributed by atoms with Crippen molar-refractivity contribution in [3.05, 3.63) is 17.4 Å². The Hall–Kier alpha value is -0.910. The zero-order valence-corrected chi connectivity index (χ0v) is 10.8. The number of hydrogen-bond acceptors (Lipinski definition) is 5. The molecule has 5 nitrogen and oxygen atoms in total. The molecule has 0 unspecified atom stereocenters. The SMILES string of the molecule is CN1CCN(CCNc2cnnc(Cl)c2)CC1. The highest BCUT2D eigenvalue weighted by atomic mass is 35.5. The Morgan fingerprint density at radius 2 is 2.12 bits per heavy atom. The molecule has 1 saturated heterocycles. The molecule has 0 radical (unpaired) electrons. The van der Waals surface area contributed by atoms with Crippen molar-refractivity contribution in [1.29, 1.82) is 0 Å². The van der Waals surface area contributed by atoms with Gasteiger partial charge in [-0.25, -0.2) is 0 Å². The highest BCUT2D eigenvalue weighted by molar-refractivity contribution is 6.29. The number of halogens is 1. The molecular weight excluding hydrogens is 238 g/mol. The summed E-state index contributed by atoms with van der Waals surface area (Å²) in [6.07, 6.45) is 1.69. The average Bonchev–Trinajstić information content (AvgIpc) is 2.32. The Kier molecular flexibility index (Phi) is 4.53. The van der Waals surface area contributed by atoms with E-state index >= 15 is 0 Å². The molecule has 1 aliphatic heterocycles. The number of piperazine rings is 1. The summed E-state index contributed by atoms with van der Waals surface area (Å²) in [5.41, 5.74) is 0.930. The van der Waals surface area contributed by atoms with Crippen LogP contribution in [0, 0.1) is 0 Å². The van der Waals surface area contributed by atoms with E-state index in [1.54, 1.807) is 12.3 Å². The van der Waals surface area contributed by atoms with E-state index < -0.39 is 0 Å². The van der Waals surface area contributed by atoms with Gasteiger partial charge in [0.15, 0.2) is 5.15 Å². The first kappa shape index (κ1) is 12.5. The second kappa shape index (κ2) is 6.14. The van der Waals surface area contributed by atoms with Crippen LogP contribution < -0.4 is 5.32 Å². The van der Waals surface area contributed by atoms with Crippen LogP contribution in [0.3, 0.4) is 0 Å². The number of rotatable bonds is 4. The molecule has 2 rings (SSSR count). The van der Waals surface area contributed by atoms with E-state index in [4.69, 9.17) is 11.6 Å². The molecule has 6 heteroatoms. The van der Waals surface area contributed by atoms with E-state index in [0.29, 0.717) is 5.15 Å². The normalized spacial score (nSPS) is 18.2. The predicted octanol–water partition coefficient (Wildman–Crippen LogP) is 0.789. The van der Waals surface area contributed by atoms with Crippen LogP contribution in [0.25, 0.3) is 0 Å². The zero-order valence-electron chi connectivity index (χ0n) is 10.1. The molecule has 0 saturated carbocycles. The van der Waals surface area contributed by atoms with Gasteiger partial charge >= 0.3 is 0 Å². The molecule has 0 spiro atoms. The minimum atomic E-state index is 0.426. The topological polar surface area (TPSA) is 44.3 Å². The van der Waals surface area contributed by atoms with Crippen LogP contribution in [-0.2, 0) is 0 Å². The molecule has 0 aliphatic carbocycles. The highest BCUT2D eigenvalue weighted by Gasteiger charge is 2.12. The maximum Gasteiger partial charge on any atom is 0.153 e. The van der Waals surface area contributed by atoms with Crippen molar-refractivity contribution in [2.24, 2.45) is 0 Å². The van der Waals surface area contributed by atoms with Crippen LogP contribution in [0.15, 0.2) is 12.3 Å². The molecule has 2 heterocycles. The molecule has 0 bridgehead atoms. The summed E-state index contributed by atoms with van der Waals surface area (Å²) < 4.78 is 0. The Bertz CT molecular complexity index is 351. The summed E-state index contributed by atoms with van der Waals surface area (Å²) in [7, 11) is 2.17. The Balaban J connectivity index is 1.69. The number of hydrogen-bond donors (Lipinski definition) is 1. The summed E-state index contributed by atoms with van der Waals surface area (Å²) in [4.78, 5) is 4.82. The van der Waals surface area contributed by atoms with E-state index in [0.717, 1.165) is 45.0 Å². The van der Waals surface area contributed by atoms with Crippen molar-refractivity contribution in [1.82, 2.24) is 20.0 Å². The van der Waals surface area contributed by atoms with Crippen molar-refractivity contribution in [2.75, 3.05) is 51.6 Å². The second-order valence-corrected chi connectivity index (χ2v) is 4.73. The third kappa shape index (κ3) is 4.11. The van der Waals surface area contributed by atoms with Crippen LogP contribution in [0.1, 0.15) is 0 Å². The predicted molar refractivity (Wildman–Crippen MR) is 69.5 cm³/mol. The minimum absolute atomic E-state index is 0.426. The number of nitrogens with one attached hydrogen (secondary N) is 1. The maximum atomic E-state index is 5.76. The fourth-order valence-corrected chi connectivity index (χ4v) is 2.03. The quantitative estimate of drug-likeness (QED) is 0.862. The van der Waals surface area contributed by atoms with Crippen molar-refractivity contribution in [2.45, 2.75) is 0 Å². The zero-order chi connectivity index (χ0) is 12.1. The lowest BCUT2D eigenvalue weighted by atomic mass is 10.3. The summed E-state index contributed by atoms with van der Waals surface area (Å²) in [5.74, 6) is 0. The molecule has 94 valence electrons. The summed E-state index contributed by atoms with van der Waals surface area (Å²) in [6.45, 7) is 6.56. The largest absolute Gasteiger partial charge is 0.382 e. The van der Waals surface area contributed by atoms with Crippen molar-refractivity contribution in [3.8, 4) is 0 Å². The van der Waals surface area contributed by atoms with Gasteiger partial charge in [0.1, 0.15) is 0 Å². The third-order valence-electron chi connectivity index (χ3n) is 2.98. The fourth-order valence-electron chi connectivity index (χ4n) is 1.87. The van der Waals surface area contributed by atoms with Gasteiger partial charge in [-0.2, -0.15) is 5.10 Å². The summed E-state index contributed by atoms with van der Waals surface area (Å²) >= 11 is 5.76. The van der Waals surface area contributed by atoms with E-state index in [-0.39, 0.29) is 0 Å². The first-order valence-electron chi connectivity index (χ1n) is 5.87. The monoisotopic (exact) mass is 255 g/mol. The lowest BCUT2D eigenvalue weighted by Gasteiger charge is -2.32. The van der Waals surface area contributed by atoms with Crippen LogP contribution in [0.2, 0.25) is 5.15 Å². The summed E-state index contributed by atoms with van der Waals surface area (Å²) in [5, 5.41) is 11.2. The molecule has 1 N–H and O–H groups in total. The molecule has 0 atom stereocenters. The van der Waals surface area contributed by atoms with Crippen LogP contribution in [0.5, 0.6) is 0 Å². The maximum absolute atomic E-state index is 5.76. The highest BCUT2D eigenvalue weighted by Crippen LogP contribution is 2.09. The van der Waals surface area contributed by atoms with Gasteiger partial charge in [-0.1, -0.05) is 11.6 Å². The second-order valence-electron chi connectivity index (χ2n) is 4.34. The minimum Gasteiger partial charge on any atom is -0.382 e. The van der Waals surface area contributed by atoms with Crippen molar-refractivity contribution < 1.29 is 0 Å². The Labute approximate surface area is 107 Å². The lowest BCUT2D eigenvalue weighted by Crippen LogP contribution is -2.45. The Morgan fingerprint density at radius 1 is 1.35 bits per heavy atom. The van der Waals surface area contributed by atoms with Gasteiger partial charge in [0.05, 0.1) is 11.9 Å². The fraction of sp³-hybridized carbons (Fsp3) is 0.636. The molecule has 1 aromatic heterocycles. The van der Waals surface area contributed by atoms with Gasteiger partial charge in [0.25, 0.3) is 0 Å². The van der Waals surface area contributed by atoms with Crippen LogP contribution in [0.4, 0.5) is 5.69 Å². The first-order chi connectivity index (χ1) is 8.24. The number of anilines is 1. The number of nitrogens with zero attached hydrogens (tertiary/aromatic N) is 4. The molecule has 1 aromatic rings. The molecule has 1 aliphatic rings. The van der Waals surface area contributed by atoms with Gasteiger partial charge in [0, 0.05) is 45.3 Å². The van der Waals surface area contributed by atoms with Gasteiger partial charge < -0.3 is 10.2 Å².